The van der Waals surface area contributed by atoms with Crippen molar-refractivity contribution in [2.24, 2.45) is 5.64 Å². The van der Waals surface area contributed by atoms with E-state index < -0.39 is 12.5 Å². The van der Waals surface area contributed by atoms with Crippen molar-refractivity contribution in [2.45, 2.75) is 5.41 Å². The van der Waals surface area contributed by atoms with Crippen LogP contribution in [-0.4, -0.2) is 12.1 Å². The Bertz CT molecular complexity index is 1240. The maximum atomic E-state index is 10.1. The summed E-state index contributed by atoms with van der Waals surface area (Å²) in [7, 11) is -1.02. The zero-order valence-electron chi connectivity index (χ0n) is 15.7. The minimum atomic E-state index is -1.02. The van der Waals surface area contributed by atoms with Gasteiger partial charge in [0.2, 0.25) is 0 Å². The van der Waals surface area contributed by atoms with Crippen molar-refractivity contribution in [1.29, 1.82) is 0 Å². The molecular weight excluding hydrogens is 357 g/mol. The Kier molecular flexibility index (Phi) is 3.34. The number of para-hydroxylation sites is 2. The second-order valence-electron chi connectivity index (χ2n) is 7.64. The van der Waals surface area contributed by atoms with Gasteiger partial charge in [0.15, 0.2) is 0 Å². The molecule has 0 bridgehead atoms. The van der Waals surface area contributed by atoms with E-state index in [4.69, 9.17) is 10.4 Å². The number of nitrogens with two attached hydrogens (primary N) is 1. The first kappa shape index (κ1) is 16.6. The SMILES string of the molecule is NB(O)c1ccc2c(c1)C1(c3ccccc3Oc3ccccc31)c1ccccc1-2. The Labute approximate surface area is 169 Å². The molecule has 0 radical (unpaired) electrons. The Morgan fingerprint density at radius 1 is 0.655 bits per heavy atom. The minimum absolute atomic E-state index is 0.512. The van der Waals surface area contributed by atoms with Crippen molar-refractivity contribution in [3.05, 3.63) is 113 Å². The molecule has 0 atom stereocenters. The van der Waals surface area contributed by atoms with Crippen LogP contribution in [0.15, 0.2) is 91.0 Å². The molecule has 29 heavy (non-hydrogen) atoms. The first-order valence-electron chi connectivity index (χ1n) is 9.76. The highest BCUT2D eigenvalue weighted by Crippen LogP contribution is 2.61. The fraction of sp³-hybridized carbons (Fsp3) is 0.0400. The van der Waals surface area contributed by atoms with Crippen LogP contribution in [-0.2, 0) is 5.41 Å². The first-order chi connectivity index (χ1) is 14.2. The van der Waals surface area contributed by atoms with Crippen molar-refractivity contribution >= 4 is 12.5 Å². The number of hydrogen-bond acceptors (Lipinski definition) is 3. The molecule has 0 saturated heterocycles. The minimum Gasteiger partial charge on any atom is -0.457 e. The van der Waals surface area contributed by atoms with Crippen LogP contribution in [0, 0.1) is 0 Å². The van der Waals surface area contributed by atoms with Gasteiger partial charge in [0.1, 0.15) is 11.5 Å². The molecule has 138 valence electrons. The Balaban J connectivity index is 1.83. The third-order valence-corrected chi connectivity index (χ3v) is 6.21. The maximum Gasteiger partial charge on any atom is 0.410 e. The lowest BCUT2D eigenvalue weighted by Gasteiger charge is -2.39. The molecule has 3 nitrogen and oxygen atoms in total. The van der Waals surface area contributed by atoms with Crippen LogP contribution >= 0.6 is 0 Å². The van der Waals surface area contributed by atoms with E-state index in [0.717, 1.165) is 33.8 Å². The predicted molar refractivity (Wildman–Crippen MR) is 116 cm³/mol. The van der Waals surface area contributed by atoms with Crippen molar-refractivity contribution in [1.82, 2.24) is 0 Å². The van der Waals surface area contributed by atoms with Gasteiger partial charge >= 0.3 is 7.05 Å². The fourth-order valence-corrected chi connectivity index (χ4v) is 5.06. The normalized spacial score (nSPS) is 14.4. The van der Waals surface area contributed by atoms with Crippen LogP contribution in [0.4, 0.5) is 0 Å². The van der Waals surface area contributed by atoms with Gasteiger partial charge in [-0.15, -0.1) is 0 Å². The van der Waals surface area contributed by atoms with E-state index in [0.29, 0.717) is 5.46 Å². The molecule has 0 unspecified atom stereocenters. The zero-order valence-corrected chi connectivity index (χ0v) is 15.7. The van der Waals surface area contributed by atoms with Crippen LogP contribution in [0.1, 0.15) is 22.3 Å². The maximum absolute atomic E-state index is 10.1. The molecule has 4 aromatic carbocycles. The van der Waals surface area contributed by atoms with E-state index in [1.807, 2.05) is 30.3 Å². The average molecular weight is 375 g/mol. The van der Waals surface area contributed by atoms with E-state index in [1.165, 1.54) is 11.1 Å². The van der Waals surface area contributed by atoms with Gasteiger partial charge in [0, 0.05) is 11.1 Å². The van der Waals surface area contributed by atoms with Gasteiger partial charge in [0.05, 0.1) is 5.41 Å². The highest BCUT2D eigenvalue weighted by atomic mass is 16.5. The molecule has 1 spiro atoms. The zero-order chi connectivity index (χ0) is 19.6. The molecule has 1 aliphatic heterocycles. The van der Waals surface area contributed by atoms with Crippen molar-refractivity contribution in [3.63, 3.8) is 0 Å². The summed E-state index contributed by atoms with van der Waals surface area (Å²) in [5.41, 5.74) is 13.0. The molecule has 0 fully saturated rings. The van der Waals surface area contributed by atoms with Gasteiger partial charge in [-0.1, -0.05) is 78.9 Å². The van der Waals surface area contributed by atoms with Crippen LogP contribution < -0.4 is 15.8 Å². The lowest BCUT2D eigenvalue weighted by atomic mass is 9.64. The number of hydrogen-bond donors (Lipinski definition) is 2. The first-order valence-corrected chi connectivity index (χ1v) is 9.76. The number of fused-ring (bicyclic) bond motifs is 9. The quantitative estimate of drug-likeness (QED) is 0.430. The third kappa shape index (κ3) is 2.05. The van der Waals surface area contributed by atoms with E-state index in [2.05, 4.69) is 60.7 Å². The van der Waals surface area contributed by atoms with Gasteiger partial charge in [-0.25, -0.2) is 0 Å². The molecule has 0 amide bonds. The fourth-order valence-electron chi connectivity index (χ4n) is 5.06. The van der Waals surface area contributed by atoms with Gasteiger partial charge in [-0.05, 0) is 39.8 Å². The van der Waals surface area contributed by atoms with Gasteiger partial charge in [-0.2, -0.15) is 0 Å². The van der Waals surface area contributed by atoms with Crippen LogP contribution in [0.2, 0.25) is 0 Å². The second kappa shape index (κ2) is 5.83. The van der Waals surface area contributed by atoms with E-state index in [9.17, 15) is 5.02 Å². The third-order valence-electron chi connectivity index (χ3n) is 6.21. The van der Waals surface area contributed by atoms with E-state index in [1.54, 1.807) is 0 Å². The van der Waals surface area contributed by atoms with Gasteiger partial charge in [-0.3, -0.25) is 0 Å². The number of rotatable bonds is 1. The summed E-state index contributed by atoms with van der Waals surface area (Å²) >= 11 is 0. The highest BCUT2D eigenvalue weighted by Gasteiger charge is 2.51. The van der Waals surface area contributed by atoms with Crippen molar-refractivity contribution < 1.29 is 9.76 Å². The number of benzene rings is 4. The summed E-state index contributed by atoms with van der Waals surface area (Å²) in [6.45, 7) is 0. The highest BCUT2D eigenvalue weighted by molar-refractivity contribution is 6.63. The summed E-state index contributed by atoms with van der Waals surface area (Å²) in [5, 5.41) is 10.1. The van der Waals surface area contributed by atoms with Crippen LogP contribution in [0.5, 0.6) is 11.5 Å². The summed E-state index contributed by atoms with van der Waals surface area (Å²) in [6.07, 6.45) is 0. The Morgan fingerprint density at radius 3 is 1.86 bits per heavy atom. The van der Waals surface area contributed by atoms with E-state index in [-0.39, 0.29) is 0 Å². The monoisotopic (exact) mass is 375 g/mol. The molecule has 1 heterocycles. The molecule has 2 aliphatic rings. The predicted octanol–water partition coefficient (Wildman–Crippen LogP) is 3.80. The molecule has 0 saturated carbocycles. The van der Waals surface area contributed by atoms with Gasteiger partial charge in [0.25, 0.3) is 0 Å². The molecule has 4 aromatic rings. The van der Waals surface area contributed by atoms with Crippen LogP contribution in [0.3, 0.4) is 0 Å². The molecule has 3 N–H and O–H groups in total. The topological polar surface area (TPSA) is 55.5 Å². The molecule has 6 rings (SSSR count). The largest absolute Gasteiger partial charge is 0.457 e. The van der Waals surface area contributed by atoms with Crippen LogP contribution in [0.25, 0.3) is 11.1 Å². The average Bonchev–Trinajstić information content (AvgIpc) is 3.05. The standard InChI is InChI=1S/C25H18BNO2/c27-26(28)16-13-14-18-17-7-1-2-8-19(17)25(22(18)15-16)20-9-3-5-11-23(20)29-24-12-6-4-10-21(24)25/h1-15,28H,27H2. The summed E-state index contributed by atoms with van der Waals surface area (Å²) < 4.78 is 6.30. The smallest absolute Gasteiger partial charge is 0.410 e. The summed E-state index contributed by atoms with van der Waals surface area (Å²) in [5.74, 6) is 1.71. The summed E-state index contributed by atoms with van der Waals surface area (Å²) in [6, 6.07) is 31.0. The lowest BCUT2D eigenvalue weighted by Crippen LogP contribution is -2.41. The summed E-state index contributed by atoms with van der Waals surface area (Å²) in [4.78, 5) is 0. The Morgan fingerprint density at radius 2 is 1.21 bits per heavy atom. The van der Waals surface area contributed by atoms with E-state index >= 15 is 0 Å². The molecule has 4 heteroatoms. The molecular formula is C25H18BNO2. The second-order valence-corrected chi connectivity index (χ2v) is 7.64. The molecule has 1 aliphatic carbocycles. The lowest BCUT2D eigenvalue weighted by molar-refractivity contribution is 0.436. The Hall–Kier alpha value is -3.34. The van der Waals surface area contributed by atoms with Crippen molar-refractivity contribution in [2.75, 3.05) is 0 Å². The van der Waals surface area contributed by atoms with Gasteiger partial charge < -0.3 is 15.4 Å². The number of ether oxygens (including phenoxy) is 1. The van der Waals surface area contributed by atoms with Crippen molar-refractivity contribution in [3.8, 4) is 22.6 Å². The molecule has 0 aromatic heterocycles.